The molecule has 1 aromatic carbocycles. The van der Waals surface area contributed by atoms with Crippen molar-refractivity contribution in [3.05, 3.63) is 40.4 Å². The zero-order valence-electron chi connectivity index (χ0n) is 9.05. The van der Waals surface area contributed by atoms with Crippen molar-refractivity contribution in [1.29, 1.82) is 0 Å². The van der Waals surface area contributed by atoms with Crippen molar-refractivity contribution in [1.82, 2.24) is 0 Å². The third kappa shape index (κ3) is 2.88. The van der Waals surface area contributed by atoms with Crippen LogP contribution in [0.4, 0.5) is 0 Å². The molecule has 0 amide bonds. The van der Waals surface area contributed by atoms with Gasteiger partial charge in [0.05, 0.1) is 0 Å². The molecule has 0 nitrogen and oxygen atoms in total. The van der Waals surface area contributed by atoms with Gasteiger partial charge in [-0.3, -0.25) is 0 Å². The van der Waals surface area contributed by atoms with Crippen molar-refractivity contribution in [2.45, 2.75) is 27.2 Å². The first-order valence-corrected chi connectivity index (χ1v) is 5.43. The van der Waals surface area contributed by atoms with Crippen LogP contribution in [0, 0.1) is 5.92 Å². The predicted molar refractivity (Wildman–Crippen MR) is 64.7 cm³/mol. The lowest BCUT2D eigenvalue weighted by atomic mass is 9.98. The van der Waals surface area contributed by atoms with Crippen LogP contribution in [0.3, 0.4) is 0 Å². The van der Waals surface area contributed by atoms with Crippen LogP contribution < -0.4 is 0 Å². The summed E-state index contributed by atoms with van der Waals surface area (Å²) >= 11 is 6.18. The van der Waals surface area contributed by atoms with Gasteiger partial charge in [-0.25, -0.2) is 0 Å². The molecule has 0 spiro atoms. The predicted octanol–water partition coefficient (Wildman–Crippen LogP) is 4.57. The fourth-order valence-corrected chi connectivity index (χ4v) is 1.79. The quantitative estimate of drug-likeness (QED) is 0.683. The van der Waals surface area contributed by atoms with Crippen LogP contribution >= 0.6 is 11.6 Å². The Bertz CT molecular complexity index is 324. The van der Waals surface area contributed by atoms with Gasteiger partial charge < -0.3 is 0 Å². The molecule has 0 saturated carbocycles. The Morgan fingerprint density at radius 3 is 2.64 bits per heavy atom. The van der Waals surface area contributed by atoms with Crippen molar-refractivity contribution < 1.29 is 0 Å². The standard InChI is InChI=1S/C13H17Cl/c1-4-6-11-7-5-8-13(14)12(11)9-10(2)3/h4-8,10H,9H2,1-3H3/b6-4+. The molecule has 0 unspecified atom stereocenters. The molecule has 0 aliphatic heterocycles. The summed E-state index contributed by atoms with van der Waals surface area (Å²) in [7, 11) is 0. The highest BCUT2D eigenvalue weighted by Crippen LogP contribution is 2.24. The maximum Gasteiger partial charge on any atom is 0.0444 e. The smallest absolute Gasteiger partial charge is 0.0444 e. The summed E-state index contributed by atoms with van der Waals surface area (Å²) in [4.78, 5) is 0. The Labute approximate surface area is 91.6 Å². The van der Waals surface area contributed by atoms with Gasteiger partial charge in [0.15, 0.2) is 0 Å². The minimum atomic E-state index is 0.638. The van der Waals surface area contributed by atoms with Crippen LogP contribution in [0.25, 0.3) is 6.08 Å². The van der Waals surface area contributed by atoms with E-state index in [0.29, 0.717) is 5.92 Å². The molecular weight excluding hydrogens is 192 g/mol. The summed E-state index contributed by atoms with van der Waals surface area (Å²) < 4.78 is 0. The fraction of sp³-hybridized carbons (Fsp3) is 0.385. The van der Waals surface area contributed by atoms with E-state index in [-0.39, 0.29) is 0 Å². The third-order valence-electron chi connectivity index (χ3n) is 2.11. The molecule has 0 aliphatic rings. The summed E-state index contributed by atoms with van der Waals surface area (Å²) in [6, 6.07) is 6.08. The monoisotopic (exact) mass is 208 g/mol. The molecule has 1 aromatic rings. The van der Waals surface area contributed by atoms with Crippen molar-refractivity contribution in [2.75, 3.05) is 0 Å². The summed E-state index contributed by atoms with van der Waals surface area (Å²) in [6.45, 7) is 6.45. The van der Waals surface area contributed by atoms with Gasteiger partial charge in [-0.05, 0) is 36.5 Å². The maximum atomic E-state index is 6.18. The fourth-order valence-electron chi connectivity index (χ4n) is 1.53. The van der Waals surface area contributed by atoms with E-state index in [1.54, 1.807) is 0 Å². The van der Waals surface area contributed by atoms with E-state index in [0.717, 1.165) is 11.4 Å². The molecule has 0 saturated heterocycles. The molecule has 0 bridgehead atoms. The van der Waals surface area contributed by atoms with Gasteiger partial charge in [-0.2, -0.15) is 0 Å². The summed E-state index contributed by atoms with van der Waals surface area (Å²) in [5.74, 6) is 0.638. The van der Waals surface area contributed by atoms with Gasteiger partial charge in [0.1, 0.15) is 0 Å². The highest BCUT2D eigenvalue weighted by Gasteiger charge is 2.06. The van der Waals surface area contributed by atoms with Crippen molar-refractivity contribution in [2.24, 2.45) is 5.92 Å². The van der Waals surface area contributed by atoms with E-state index >= 15 is 0 Å². The third-order valence-corrected chi connectivity index (χ3v) is 2.47. The molecule has 1 rings (SSSR count). The topological polar surface area (TPSA) is 0 Å². The zero-order chi connectivity index (χ0) is 10.6. The van der Waals surface area contributed by atoms with Crippen molar-refractivity contribution >= 4 is 17.7 Å². The van der Waals surface area contributed by atoms with E-state index in [2.05, 4.69) is 32.1 Å². The second kappa shape index (κ2) is 5.21. The minimum absolute atomic E-state index is 0.638. The molecule has 0 aliphatic carbocycles. The van der Waals surface area contributed by atoms with Crippen LogP contribution in [-0.2, 0) is 6.42 Å². The molecule has 1 heteroatoms. The Balaban J connectivity index is 3.08. The lowest BCUT2D eigenvalue weighted by Crippen LogP contribution is -1.97. The van der Waals surface area contributed by atoms with Gasteiger partial charge in [0, 0.05) is 5.02 Å². The van der Waals surface area contributed by atoms with Gasteiger partial charge in [-0.1, -0.05) is 49.7 Å². The van der Waals surface area contributed by atoms with E-state index < -0.39 is 0 Å². The molecule has 0 aromatic heterocycles. The van der Waals surface area contributed by atoms with E-state index in [1.807, 2.05) is 19.1 Å². The maximum absolute atomic E-state index is 6.18. The van der Waals surface area contributed by atoms with Gasteiger partial charge in [-0.15, -0.1) is 0 Å². The number of rotatable bonds is 3. The number of hydrogen-bond donors (Lipinski definition) is 0. The first-order chi connectivity index (χ1) is 6.65. The molecule has 0 atom stereocenters. The van der Waals surface area contributed by atoms with Crippen molar-refractivity contribution in [3.8, 4) is 0 Å². The lowest BCUT2D eigenvalue weighted by molar-refractivity contribution is 0.647. The number of allylic oxidation sites excluding steroid dienone is 1. The number of benzene rings is 1. The van der Waals surface area contributed by atoms with Crippen LogP contribution in [0.5, 0.6) is 0 Å². The normalized spacial score (nSPS) is 11.5. The second-order valence-electron chi connectivity index (χ2n) is 3.91. The first kappa shape index (κ1) is 11.3. The van der Waals surface area contributed by atoms with Gasteiger partial charge >= 0.3 is 0 Å². The first-order valence-electron chi connectivity index (χ1n) is 5.05. The molecule has 0 radical (unpaired) electrons. The van der Waals surface area contributed by atoms with Crippen LogP contribution in [0.15, 0.2) is 24.3 Å². The second-order valence-corrected chi connectivity index (χ2v) is 4.31. The molecule has 0 N–H and O–H groups in total. The minimum Gasteiger partial charge on any atom is -0.0871 e. The van der Waals surface area contributed by atoms with Gasteiger partial charge in [0.2, 0.25) is 0 Å². The average molecular weight is 209 g/mol. The van der Waals surface area contributed by atoms with Crippen molar-refractivity contribution in [3.63, 3.8) is 0 Å². The van der Waals surface area contributed by atoms with E-state index in [9.17, 15) is 0 Å². The van der Waals surface area contributed by atoms with E-state index in [1.165, 1.54) is 11.1 Å². The molecular formula is C13H17Cl. The summed E-state index contributed by atoms with van der Waals surface area (Å²) in [5, 5.41) is 0.884. The highest BCUT2D eigenvalue weighted by molar-refractivity contribution is 6.31. The van der Waals surface area contributed by atoms with E-state index in [4.69, 9.17) is 11.6 Å². The Kier molecular flexibility index (Phi) is 4.21. The number of halogens is 1. The SMILES string of the molecule is C/C=C/c1cccc(Cl)c1CC(C)C. The average Bonchev–Trinajstić information content (AvgIpc) is 2.11. The van der Waals surface area contributed by atoms with Crippen LogP contribution in [0.1, 0.15) is 31.9 Å². The highest BCUT2D eigenvalue weighted by atomic mass is 35.5. The molecule has 14 heavy (non-hydrogen) atoms. The largest absolute Gasteiger partial charge is 0.0871 e. The summed E-state index contributed by atoms with van der Waals surface area (Å²) in [6.07, 6.45) is 5.21. The summed E-state index contributed by atoms with van der Waals surface area (Å²) in [5.41, 5.74) is 2.51. The molecule has 76 valence electrons. The van der Waals surface area contributed by atoms with Crippen LogP contribution in [-0.4, -0.2) is 0 Å². The molecule has 0 heterocycles. The number of hydrogen-bond acceptors (Lipinski definition) is 0. The zero-order valence-corrected chi connectivity index (χ0v) is 9.81. The Hall–Kier alpha value is -0.750. The van der Waals surface area contributed by atoms with Crippen LogP contribution in [0.2, 0.25) is 5.02 Å². The Morgan fingerprint density at radius 2 is 2.07 bits per heavy atom. The molecule has 0 fully saturated rings. The lowest BCUT2D eigenvalue weighted by Gasteiger charge is -2.10. The Morgan fingerprint density at radius 1 is 1.36 bits per heavy atom. The van der Waals surface area contributed by atoms with Gasteiger partial charge in [0.25, 0.3) is 0 Å².